The first-order valence-electron chi connectivity index (χ1n) is 11.8. The first kappa shape index (κ1) is 34.0. The van der Waals surface area contributed by atoms with Crippen LogP contribution < -0.4 is 10.3 Å². The molecule has 0 radical (unpaired) electrons. The zero-order valence-corrected chi connectivity index (χ0v) is 22.9. The molecule has 1 saturated heterocycles. The molecular weight excluding hydrogens is 540 g/mol. The fourth-order valence-electron chi connectivity index (χ4n) is 2.54. The summed E-state index contributed by atoms with van der Waals surface area (Å²) in [4.78, 5) is 0.296. The third kappa shape index (κ3) is 19.1. The van der Waals surface area contributed by atoms with E-state index in [1.807, 2.05) is 0 Å². The largest absolute Gasteiger partial charge is 0.377 e. The van der Waals surface area contributed by atoms with E-state index in [0.29, 0.717) is 79.3 Å². The van der Waals surface area contributed by atoms with Crippen molar-refractivity contribution in [1.82, 2.24) is 0 Å². The second-order valence-electron chi connectivity index (χ2n) is 7.39. The van der Waals surface area contributed by atoms with Crippen molar-refractivity contribution in [3.63, 3.8) is 0 Å². The Bertz CT molecular complexity index is 898. The molecule has 3 rings (SSSR count). The van der Waals surface area contributed by atoms with Crippen LogP contribution in [0.1, 0.15) is 0 Å². The molecule has 4 N–H and O–H groups in total. The molecule has 216 valence electrons. The van der Waals surface area contributed by atoms with Crippen LogP contribution in [0.15, 0.2) is 70.5 Å². The first-order valence-corrected chi connectivity index (χ1v) is 14.9. The summed E-state index contributed by atoms with van der Waals surface area (Å²) >= 11 is 0. The van der Waals surface area contributed by atoms with Gasteiger partial charge in [0, 0.05) is 0 Å². The zero-order valence-electron chi connectivity index (χ0n) is 21.3. The maximum atomic E-state index is 10.6. The molecule has 1 fully saturated rings. The molecule has 1 aliphatic rings. The lowest BCUT2D eigenvalue weighted by molar-refractivity contribution is -0.0334. The number of rotatable bonds is 2. The Balaban J connectivity index is 0.000000307. The van der Waals surface area contributed by atoms with Crippen molar-refractivity contribution in [3.05, 3.63) is 60.7 Å². The van der Waals surface area contributed by atoms with Crippen molar-refractivity contribution >= 4 is 20.0 Å². The molecule has 14 heteroatoms. The fraction of sp³-hybridized carbons (Fsp3) is 0.500. The molecule has 0 bridgehead atoms. The Hall–Kier alpha value is -1.98. The fourth-order valence-corrected chi connectivity index (χ4v) is 3.61. The summed E-state index contributed by atoms with van der Waals surface area (Å²) in [7, 11) is -7.01. The van der Waals surface area contributed by atoms with Crippen molar-refractivity contribution in [1.29, 1.82) is 0 Å². The van der Waals surface area contributed by atoms with E-state index >= 15 is 0 Å². The van der Waals surface area contributed by atoms with Gasteiger partial charge >= 0.3 is 0 Å². The maximum absolute atomic E-state index is 10.6. The molecule has 12 nitrogen and oxygen atoms in total. The molecule has 2 aromatic rings. The number of primary sulfonamides is 2. The van der Waals surface area contributed by atoms with Gasteiger partial charge in [0.1, 0.15) is 0 Å². The third-order valence-corrected chi connectivity index (χ3v) is 6.23. The van der Waals surface area contributed by atoms with Crippen LogP contribution in [0, 0.1) is 0 Å². The number of nitrogens with two attached hydrogens (primary N) is 2. The lowest BCUT2D eigenvalue weighted by Crippen LogP contribution is -2.16. The molecule has 0 saturated carbocycles. The molecule has 38 heavy (non-hydrogen) atoms. The normalized spacial score (nSPS) is 17.3. The zero-order chi connectivity index (χ0) is 28.0. The van der Waals surface area contributed by atoms with E-state index in [9.17, 15) is 16.8 Å². The highest BCUT2D eigenvalue weighted by atomic mass is 32.2. The van der Waals surface area contributed by atoms with Gasteiger partial charge in [-0.1, -0.05) is 36.4 Å². The van der Waals surface area contributed by atoms with E-state index in [0.717, 1.165) is 0 Å². The van der Waals surface area contributed by atoms with E-state index < -0.39 is 20.0 Å². The summed E-state index contributed by atoms with van der Waals surface area (Å²) in [5.41, 5.74) is 0. The summed E-state index contributed by atoms with van der Waals surface area (Å²) in [6.07, 6.45) is 0. The highest BCUT2D eigenvalue weighted by Crippen LogP contribution is 2.03. The Morgan fingerprint density at radius 2 is 0.579 bits per heavy atom. The van der Waals surface area contributed by atoms with Gasteiger partial charge in [0.15, 0.2) is 0 Å². The van der Waals surface area contributed by atoms with Crippen LogP contribution in [-0.2, 0) is 48.5 Å². The maximum Gasteiger partial charge on any atom is 0.238 e. The van der Waals surface area contributed by atoms with Gasteiger partial charge in [-0.05, 0) is 24.3 Å². The molecule has 0 aliphatic carbocycles. The van der Waals surface area contributed by atoms with Crippen LogP contribution in [0.3, 0.4) is 0 Å². The SMILES string of the molecule is C1COCCOCCOCCOCCOCCO1.NS(=O)(=O)c1ccccc1.NS(=O)(=O)c1ccccc1. The summed E-state index contributed by atoms with van der Waals surface area (Å²) in [5.74, 6) is 0. The summed E-state index contributed by atoms with van der Waals surface area (Å²) < 4.78 is 74.4. The smallest absolute Gasteiger partial charge is 0.238 e. The van der Waals surface area contributed by atoms with Gasteiger partial charge in [-0.15, -0.1) is 0 Å². The minimum Gasteiger partial charge on any atom is -0.377 e. The molecule has 0 spiro atoms. The highest BCUT2D eigenvalue weighted by molar-refractivity contribution is 7.89. The van der Waals surface area contributed by atoms with E-state index in [4.69, 9.17) is 38.7 Å². The molecular formula is C24H38N2O10S2. The van der Waals surface area contributed by atoms with Gasteiger partial charge < -0.3 is 28.4 Å². The van der Waals surface area contributed by atoms with Crippen LogP contribution in [0.4, 0.5) is 0 Å². The predicted octanol–water partition coefficient (Wildman–Crippen LogP) is 0.768. The van der Waals surface area contributed by atoms with Crippen molar-refractivity contribution < 1.29 is 45.3 Å². The van der Waals surface area contributed by atoms with Crippen LogP contribution in [0.25, 0.3) is 0 Å². The number of benzene rings is 2. The number of hydrogen-bond donors (Lipinski definition) is 2. The average molecular weight is 579 g/mol. The van der Waals surface area contributed by atoms with Crippen LogP contribution >= 0.6 is 0 Å². The number of ether oxygens (including phenoxy) is 6. The monoisotopic (exact) mass is 578 g/mol. The van der Waals surface area contributed by atoms with Crippen LogP contribution in [-0.4, -0.2) is 96.1 Å². The van der Waals surface area contributed by atoms with Gasteiger partial charge in [0.25, 0.3) is 0 Å². The predicted molar refractivity (Wildman–Crippen MR) is 141 cm³/mol. The van der Waals surface area contributed by atoms with Crippen molar-refractivity contribution in [2.45, 2.75) is 9.79 Å². The van der Waals surface area contributed by atoms with Gasteiger partial charge in [-0.2, -0.15) is 0 Å². The second-order valence-corrected chi connectivity index (χ2v) is 10.5. The van der Waals surface area contributed by atoms with Gasteiger partial charge in [-0.3, -0.25) is 0 Å². The average Bonchev–Trinajstić information content (AvgIpc) is 2.90. The lowest BCUT2D eigenvalue weighted by atomic mass is 10.4. The molecule has 1 heterocycles. The number of sulfonamides is 2. The highest BCUT2D eigenvalue weighted by Gasteiger charge is 2.04. The van der Waals surface area contributed by atoms with Crippen LogP contribution in [0.2, 0.25) is 0 Å². The van der Waals surface area contributed by atoms with Gasteiger partial charge in [-0.25, -0.2) is 27.1 Å². The summed E-state index contributed by atoms with van der Waals surface area (Å²) in [6.45, 7) is 7.04. The Morgan fingerprint density at radius 3 is 0.711 bits per heavy atom. The molecule has 0 amide bonds. The molecule has 0 aromatic heterocycles. The molecule has 0 unspecified atom stereocenters. The van der Waals surface area contributed by atoms with Crippen LogP contribution in [0.5, 0.6) is 0 Å². The first-order chi connectivity index (χ1) is 18.2. The Kier molecular flexibility index (Phi) is 18.7. The van der Waals surface area contributed by atoms with E-state index in [-0.39, 0.29) is 9.79 Å². The lowest BCUT2D eigenvalue weighted by Gasteiger charge is -2.09. The third-order valence-electron chi connectivity index (χ3n) is 4.38. The standard InChI is InChI=1S/C12H24O6.2C6H7NO2S/c1-2-14-5-6-16-9-10-18-12-11-17-8-7-15-4-3-13-1;2*7-10(8,9)6-4-2-1-3-5-6/h1-12H2;2*1-5H,(H2,7,8,9). The molecule has 2 aromatic carbocycles. The summed E-state index contributed by atoms with van der Waals surface area (Å²) in [6, 6.07) is 15.8. The van der Waals surface area contributed by atoms with Crippen molar-refractivity contribution in [2.75, 3.05) is 79.3 Å². The topological polar surface area (TPSA) is 176 Å². The second kappa shape index (κ2) is 20.9. The van der Waals surface area contributed by atoms with E-state index in [2.05, 4.69) is 0 Å². The quantitative estimate of drug-likeness (QED) is 0.518. The minimum absolute atomic E-state index is 0.148. The van der Waals surface area contributed by atoms with Crippen molar-refractivity contribution in [3.8, 4) is 0 Å². The Labute approximate surface area is 225 Å². The number of hydrogen-bond acceptors (Lipinski definition) is 10. The van der Waals surface area contributed by atoms with Gasteiger partial charge in [0.05, 0.1) is 89.1 Å². The minimum atomic E-state index is -3.50. The molecule has 1 aliphatic heterocycles. The van der Waals surface area contributed by atoms with Gasteiger partial charge in [0.2, 0.25) is 20.0 Å². The van der Waals surface area contributed by atoms with E-state index in [1.165, 1.54) is 24.3 Å². The summed E-state index contributed by atoms with van der Waals surface area (Å²) in [5, 5.41) is 9.66. The Morgan fingerprint density at radius 1 is 0.395 bits per heavy atom. The van der Waals surface area contributed by atoms with Crippen molar-refractivity contribution in [2.24, 2.45) is 10.3 Å². The molecule has 0 atom stereocenters. The van der Waals surface area contributed by atoms with E-state index in [1.54, 1.807) is 36.4 Å².